The van der Waals surface area contributed by atoms with Crippen LogP contribution in [-0.2, 0) is 4.79 Å². The van der Waals surface area contributed by atoms with Gasteiger partial charge in [-0.2, -0.15) is 0 Å². The summed E-state index contributed by atoms with van der Waals surface area (Å²) >= 11 is 5.86. The van der Waals surface area contributed by atoms with Gasteiger partial charge in [0.1, 0.15) is 17.1 Å². The van der Waals surface area contributed by atoms with Crippen molar-refractivity contribution in [1.82, 2.24) is 9.88 Å². The quantitative estimate of drug-likeness (QED) is 0.387. The van der Waals surface area contributed by atoms with E-state index < -0.39 is 5.91 Å². The number of amides is 2. The molecular weight excluding hydrogens is 515 g/mol. The topological polar surface area (TPSA) is 108 Å². The van der Waals surface area contributed by atoms with Gasteiger partial charge in [-0.05, 0) is 57.0 Å². The van der Waals surface area contributed by atoms with Crippen LogP contribution in [0.5, 0.6) is 0 Å². The summed E-state index contributed by atoms with van der Waals surface area (Å²) in [6.07, 6.45) is 4.70. The number of halogens is 3. The Kier molecular flexibility index (Phi) is 10.8. The molecule has 0 radical (unpaired) electrons. The Hall–Kier alpha value is -2.36. The Morgan fingerprint density at radius 2 is 1.83 bits per heavy atom. The molecule has 2 amide bonds. The highest BCUT2D eigenvalue weighted by Gasteiger charge is 2.30. The van der Waals surface area contributed by atoms with Crippen LogP contribution >= 0.6 is 36.4 Å². The lowest BCUT2D eigenvalue weighted by molar-refractivity contribution is -0.121. The number of hydrogen-bond acceptors (Lipinski definition) is 6. The first-order valence-electron chi connectivity index (χ1n) is 11.0. The van der Waals surface area contributed by atoms with Gasteiger partial charge >= 0.3 is 0 Å². The summed E-state index contributed by atoms with van der Waals surface area (Å²) in [6.45, 7) is 0.754. The molecule has 1 fully saturated rings. The number of aliphatic hydroxyl groups is 1. The number of carbonyl (C=O) groups excluding carboxylic acids is 2. The minimum atomic E-state index is -0.509. The van der Waals surface area contributed by atoms with Crippen LogP contribution in [0.15, 0.2) is 47.0 Å². The van der Waals surface area contributed by atoms with E-state index in [1.54, 1.807) is 18.2 Å². The van der Waals surface area contributed by atoms with Crippen LogP contribution in [0.3, 0.4) is 0 Å². The number of furan rings is 1. The minimum absolute atomic E-state index is 0. The monoisotopic (exact) mass is 542 g/mol. The predicted octanol–water partition coefficient (Wildman–Crippen LogP) is 5.00. The van der Waals surface area contributed by atoms with Gasteiger partial charge in [0.05, 0.1) is 11.6 Å². The fraction of sp³-hybridized carbons (Fsp3) is 0.375. The van der Waals surface area contributed by atoms with Crippen molar-refractivity contribution < 1.29 is 19.1 Å². The van der Waals surface area contributed by atoms with Crippen LogP contribution in [0.4, 0.5) is 11.5 Å². The molecule has 3 N–H and O–H groups in total. The molecule has 0 bridgehead atoms. The third-order valence-electron chi connectivity index (χ3n) is 6.16. The molecule has 2 aromatic heterocycles. The SMILES string of the molecule is CN(CCO)[C@H]1CC[C@H](C(=O)Nc2c(C(=O)Nc3ccc(Cl)cn3)oc3ccccc23)CC1.Cl.Cl. The summed E-state index contributed by atoms with van der Waals surface area (Å²) in [6, 6.07) is 10.8. The Morgan fingerprint density at radius 3 is 2.49 bits per heavy atom. The molecule has 0 aliphatic heterocycles. The average molecular weight is 544 g/mol. The highest BCUT2D eigenvalue weighted by atomic mass is 35.5. The zero-order valence-electron chi connectivity index (χ0n) is 19.2. The number of anilines is 2. The third-order valence-corrected chi connectivity index (χ3v) is 6.39. The van der Waals surface area contributed by atoms with Crippen molar-refractivity contribution in [1.29, 1.82) is 0 Å². The molecule has 190 valence electrons. The van der Waals surface area contributed by atoms with Gasteiger partial charge in [0.25, 0.3) is 5.91 Å². The molecule has 11 heteroatoms. The molecule has 0 atom stereocenters. The predicted molar refractivity (Wildman–Crippen MR) is 142 cm³/mol. The molecule has 8 nitrogen and oxygen atoms in total. The van der Waals surface area contributed by atoms with Gasteiger partial charge in [0.15, 0.2) is 0 Å². The first-order chi connectivity index (χ1) is 16.0. The smallest absolute Gasteiger partial charge is 0.294 e. The van der Waals surface area contributed by atoms with Gasteiger partial charge in [-0.3, -0.25) is 9.59 Å². The minimum Gasteiger partial charge on any atom is -0.449 e. The van der Waals surface area contributed by atoms with Crippen molar-refractivity contribution >= 4 is 70.7 Å². The number of benzene rings is 1. The molecule has 1 aromatic carbocycles. The molecular formula is C24H29Cl3N4O4. The lowest BCUT2D eigenvalue weighted by Crippen LogP contribution is -2.39. The van der Waals surface area contributed by atoms with E-state index in [0.29, 0.717) is 40.1 Å². The van der Waals surface area contributed by atoms with E-state index in [4.69, 9.17) is 21.1 Å². The molecule has 0 unspecified atom stereocenters. The molecule has 2 heterocycles. The van der Waals surface area contributed by atoms with Gasteiger partial charge in [-0.25, -0.2) is 4.98 Å². The number of aliphatic hydroxyl groups excluding tert-OH is 1. The van der Waals surface area contributed by atoms with E-state index in [-0.39, 0.29) is 49.0 Å². The summed E-state index contributed by atoms with van der Waals surface area (Å²) in [7, 11) is 2.00. The lowest BCUT2D eigenvalue weighted by Gasteiger charge is -2.33. The van der Waals surface area contributed by atoms with Crippen LogP contribution in [-0.4, -0.2) is 53.0 Å². The molecule has 1 aliphatic rings. The van der Waals surface area contributed by atoms with Gasteiger partial charge in [0, 0.05) is 30.1 Å². The van der Waals surface area contributed by atoms with Crippen molar-refractivity contribution in [3.63, 3.8) is 0 Å². The second-order valence-electron chi connectivity index (χ2n) is 8.32. The summed E-state index contributed by atoms with van der Waals surface area (Å²) in [4.78, 5) is 32.3. The lowest BCUT2D eigenvalue weighted by atomic mass is 9.85. The van der Waals surface area contributed by atoms with E-state index in [2.05, 4.69) is 20.5 Å². The fourth-order valence-electron chi connectivity index (χ4n) is 4.30. The first kappa shape index (κ1) is 28.9. The molecule has 4 rings (SSSR count). The van der Waals surface area contributed by atoms with Crippen LogP contribution < -0.4 is 10.6 Å². The zero-order valence-corrected chi connectivity index (χ0v) is 21.6. The average Bonchev–Trinajstić information content (AvgIpc) is 3.19. The number of nitrogens with zero attached hydrogens (tertiary/aromatic N) is 2. The number of nitrogens with one attached hydrogen (secondary N) is 2. The number of hydrogen-bond donors (Lipinski definition) is 3. The van der Waals surface area contributed by atoms with Crippen molar-refractivity contribution in [3.05, 3.63) is 53.4 Å². The van der Waals surface area contributed by atoms with E-state index in [1.807, 2.05) is 25.2 Å². The van der Waals surface area contributed by atoms with Crippen molar-refractivity contribution in [2.24, 2.45) is 5.92 Å². The Bertz CT molecular complexity index is 1130. The molecule has 1 aliphatic carbocycles. The fourth-order valence-corrected chi connectivity index (χ4v) is 4.41. The molecule has 0 spiro atoms. The standard InChI is InChI=1S/C24H27ClN4O4.2ClH/c1-29(12-13-30)17-9-6-15(7-10-17)23(31)28-21-18-4-2-3-5-19(18)33-22(21)24(32)27-20-11-8-16(25)14-26-20;;/h2-5,8,11,14-15,17,30H,6-7,9-10,12-13H2,1H3,(H,28,31)(H,26,27,32);2*1H/t15-,17-;;. The van der Waals surface area contributed by atoms with Crippen LogP contribution in [0.2, 0.25) is 5.02 Å². The van der Waals surface area contributed by atoms with E-state index in [1.165, 1.54) is 6.20 Å². The maximum Gasteiger partial charge on any atom is 0.294 e. The highest BCUT2D eigenvalue weighted by molar-refractivity contribution is 6.30. The van der Waals surface area contributed by atoms with Crippen molar-refractivity contribution in [2.45, 2.75) is 31.7 Å². The maximum atomic E-state index is 13.1. The molecule has 0 saturated heterocycles. The Balaban J connectivity index is 0.00000216. The molecule has 3 aromatic rings. The molecule has 1 saturated carbocycles. The highest BCUT2D eigenvalue weighted by Crippen LogP contribution is 2.34. The number of rotatable bonds is 7. The number of likely N-dealkylation sites (N-methyl/N-ethyl adjacent to an activating group) is 1. The van der Waals surface area contributed by atoms with Crippen molar-refractivity contribution in [3.8, 4) is 0 Å². The first-order valence-corrected chi connectivity index (χ1v) is 11.4. The van der Waals surface area contributed by atoms with Gasteiger partial charge < -0.3 is 25.1 Å². The Morgan fingerprint density at radius 1 is 1.11 bits per heavy atom. The van der Waals surface area contributed by atoms with Crippen LogP contribution in [0, 0.1) is 5.92 Å². The van der Waals surface area contributed by atoms with Gasteiger partial charge in [-0.1, -0.05) is 23.7 Å². The third kappa shape index (κ3) is 6.86. The summed E-state index contributed by atoms with van der Waals surface area (Å²) in [5.41, 5.74) is 0.873. The molecule has 35 heavy (non-hydrogen) atoms. The van der Waals surface area contributed by atoms with Crippen LogP contribution in [0.25, 0.3) is 11.0 Å². The normalized spacial score (nSPS) is 17.4. The second kappa shape index (κ2) is 13.1. The summed E-state index contributed by atoms with van der Waals surface area (Å²) < 4.78 is 5.81. The van der Waals surface area contributed by atoms with E-state index in [9.17, 15) is 9.59 Å². The summed E-state index contributed by atoms with van der Waals surface area (Å²) in [5.74, 6) is -0.425. The number of fused-ring (bicyclic) bond motifs is 1. The number of carbonyl (C=O) groups is 2. The van der Waals surface area contributed by atoms with E-state index in [0.717, 1.165) is 25.7 Å². The largest absolute Gasteiger partial charge is 0.449 e. The van der Waals surface area contributed by atoms with E-state index >= 15 is 0 Å². The zero-order chi connectivity index (χ0) is 23.4. The van der Waals surface area contributed by atoms with Gasteiger partial charge in [0.2, 0.25) is 11.7 Å². The second-order valence-corrected chi connectivity index (χ2v) is 8.75. The summed E-state index contributed by atoms with van der Waals surface area (Å²) in [5, 5.41) is 15.9. The van der Waals surface area contributed by atoms with Crippen molar-refractivity contribution in [2.75, 3.05) is 30.8 Å². The number of pyridine rings is 1. The number of aromatic nitrogens is 1. The number of para-hydroxylation sites is 1. The van der Waals surface area contributed by atoms with Gasteiger partial charge in [-0.15, -0.1) is 24.8 Å². The Labute approximate surface area is 221 Å². The van der Waals surface area contributed by atoms with Crippen LogP contribution in [0.1, 0.15) is 36.2 Å². The maximum absolute atomic E-state index is 13.1.